The van der Waals surface area contributed by atoms with Crippen LogP contribution in [0.1, 0.15) is 25.7 Å². The van der Waals surface area contributed by atoms with E-state index in [4.69, 9.17) is 4.74 Å². The van der Waals surface area contributed by atoms with Crippen LogP contribution >= 0.6 is 0 Å². The van der Waals surface area contributed by atoms with Gasteiger partial charge in [0, 0.05) is 6.42 Å². The van der Waals surface area contributed by atoms with Gasteiger partial charge in [-0.25, -0.2) is 9.97 Å². The molecule has 0 aliphatic heterocycles. The number of carbonyl (C=O) groups is 1. The fourth-order valence-corrected chi connectivity index (χ4v) is 1.08. The first-order valence-corrected chi connectivity index (χ1v) is 4.89. The van der Waals surface area contributed by atoms with Crippen LogP contribution < -0.4 is 4.74 Å². The van der Waals surface area contributed by atoms with E-state index in [0.29, 0.717) is 12.2 Å². The molecule has 0 spiro atoms. The summed E-state index contributed by atoms with van der Waals surface area (Å²) in [5.41, 5.74) is 0. The summed E-state index contributed by atoms with van der Waals surface area (Å²) < 4.78 is 5.00. The van der Waals surface area contributed by atoms with Gasteiger partial charge in [-0.05, 0) is 19.3 Å². The van der Waals surface area contributed by atoms with Crippen molar-refractivity contribution >= 4 is 5.97 Å². The Balaban J connectivity index is 2.22. The van der Waals surface area contributed by atoms with Crippen molar-refractivity contribution in [2.24, 2.45) is 0 Å². The molecule has 1 heterocycles. The molecule has 0 amide bonds. The average molecular weight is 206 g/mol. The molecule has 4 heteroatoms. The highest BCUT2D eigenvalue weighted by Gasteiger charge is 2.03. The molecule has 0 saturated carbocycles. The Kier molecular flexibility index (Phi) is 5.08. The highest BCUT2D eigenvalue weighted by Crippen LogP contribution is 2.07. The number of ether oxygens (including phenoxy) is 1. The van der Waals surface area contributed by atoms with Crippen molar-refractivity contribution in [1.29, 1.82) is 0 Å². The number of aromatic nitrogens is 2. The molecule has 0 atom stereocenters. The SMILES string of the molecule is C=CCCCCC(=O)Oc1cncnc1. The van der Waals surface area contributed by atoms with E-state index in [1.54, 1.807) is 0 Å². The van der Waals surface area contributed by atoms with Crippen LogP contribution in [0.2, 0.25) is 0 Å². The predicted octanol–water partition coefficient (Wildman–Crippen LogP) is 2.13. The van der Waals surface area contributed by atoms with Crippen LogP contribution in [-0.2, 0) is 4.79 Å². The molecule has 4 nitrogen and oxygen atoms in total. The Bertz CT molecular complexity index is 312. The van der Waals surface area contributed by atoms with Crippen molar-refractivity contribution in [3.8, 4) is 5.75 Å². The van der Waals surface area contributed by atoms with E-state index in [2.05, 4.69) is 16.5 Å². The lowest BCUT2D eigenvalue weighted by Gasteiger charge is -2.01. The van der Waals surface area contributed by atoms with Gasteiger partial charge in [0.05, 0.1) is 12.4 Å². The zero-order valence-corrected chi connectivity index (χ0v) is 8.56. The Morgan fingerprint density at radius 2 is 2.13 bits per heavy atom. The zero-order valence-electron chi connectivity index (χ0n) is 8.56. The van der Waals surface area contributed by atoms with E-state index < -0.39 is 0 Å². The van der Waals surface area contributed by atoms with Gasteiger partial charge in [-0.3, -0.25) is 4.79 Å². The molecule has 0 bridgehead atoms. The van der Waals surface area contributed by atoms with Gasteiger partial charge in [0.15, 0.2) is 5.75 Å². The van der Waals surface area contributed by atoms with Crippen LogP contribution in [0.5, 0.6) is 5.75 Å². The van der Waals surface area contributed by atoms with Gasteiger partial charge in [-0.15, -0.1) is 6.58 Å². The lowest BCUT2D eigenvalue weighted by atomic mass is 10.2. The Labute approximate surface area is 89.0 Å². The zero-order chi connectivity index (χ0) is 10.9. The topological polar surface area (TPSA) is 52.1 Å². The van der Waals surface area contributed by atoms with E-state index in [-0.39, 0.29) is 5.97 Å². The van der Waals surface area contributed by atoms with Crippen LogP contribution in [0.15, 0.2) is 31.4 Å². The van der Waals surface area contributed by atoms with Crippen LogP contribution in [0.3, 0.4) is 0 Å². The van der Waals surface area contributed by atoms with E-state index >= 15 is 0 Å². The van der Waals surface area contributed by atoms with E-state index in [0.717, 1.165) is 19.3 Å². The number of nitrogens with zero attached hydrogens (tertiary/aromatic N) is 2. The largest absolute Gasteiger partial charge is 0.423 e. The van der Waals surface area contributed by atoms with E-state index in [1.165, 1.54) is 18.7 Å². The van der Waals surface area contributed by atoms with E-state index in [1.807, 2.05) is 6.08 Å². The number of carbonyl (C=O) groups excluding carboxylic acids is 1. The summed E-state index contributed by atoms with van der Waals surface area (Å²) in [4.78, 5) is 18.8. The third kappa shape index (κ3) is 4.90. The van der Waals surface area contributed by atoms with Crippen LogP contribution in [-0.4, -0.2) is 15.9 Å². The Hall–Kier alpha value is -1.71. The van der Waals surface area contributed by atoms with Gasteiger partial charge in [0.1, 0.15) is 6.33 Å². The minimum absolute atomic E-state index is 0.242. The summed E-state index contributed by atoms with van der Waals surface area (Å²) in [6.07, 6.45) is 9.30. The smallest absolute Gasteiger partial charge is 0.311 e. The van der Waals surface area contributed by atoms with Crippen molar-refractivity contribution in [1.82, 2.24) is 9.97 Å². The standard InChI is InChI=1S/C11H14N2O2/c1-2-3-4-5-6-11(14)15-10-7-12-9-13-8-10/h2,7-9H,1,3-6H2. The molecule has 0 aliphatic carbocycles. The molecule has 0 fully saturated rings. The molecule has 15 heavy (non-hydrogen) atoms. The lowest BCUT2D eigenvalue weighted by molar-refractivity contribution is -0.134. The fourth-order valence-electron chi connectivity index (χ4n) is 1.08. The van der Waals surface area contributed by atoms with Gasteiger partial charge < -0.3 is 4.74 Å². The van der Waals surface area contributed by atoms with Gasteiger partial charge in [0.25, 0.3) is 0 Å². The number of unbranched alkanes of at least 4 members (excludes halogenated alkanes) is 2. The molecular weight excluding hydrogens is 192 g/mol. The van der Waals surface area contributed by atoms with Gasteiger partial charge in [0.2, 0.25) is 0 Å². The first kappa shape index (κ1) is 11.4. The molecule has 80 valence electrons. The summed E-state index contributed by atoms with van der Waals surface area (Å²) in [6, 6.07) is 0. The normalized spacial score (nSPS) is 9.60. The lowest BCUT2D eigenvalue weighted by Crippen LogP contribution is -2.07. The second-order valence-electron chi connectivity index (χ2n) is 3.08. The molecule has 1 aromatic rings. The number of hydrogen-bond donors (Lipinski definition) is 0. The molecule has 1 aromatic heterocycles. The van der Waals surface area contributed by atoms with Crippen molar-refractivity contribution in [3.05, 3.63) is 31.4 Å². The molecule has 0 N–H and O–H groups in total. The van der Waals surface area contributed by atoms with Crippen molar-refractivity contribution in [2.45, 2.75) is 25.7 Å². The maximum absolute atomic E-state index is 11.3. The maximum atomic E-state index is 11.3. The highest BCUT2D eigenvalue weighted by molar-refractivity contribution is 5.71. The third-order valence-electron chi connectivity index (χ3n) is 1.81. The third-order valence-corrected chi connectivity index (χ3v) is 1.81. The number of allylic oxidation sites excluding steroid dienone is 1. The molecule has 0 aromatic carbocycles. The second kappa shape index (κ2) is 6.70. The van der Waals surface area contributed by atoms with Gasteiger partial charge in [-0.1, -0.05) is 6.08 Å². The summed E-state index contributed by atoms with van der Waals surface area (Å²) in [6.45, 7) is 3.61. The minimum atomic E-state index is -0.242. The van der Waals surface area contributed by atoms with Gasteiger partial charge >= 0.3 is 5.97 Å². The summed E-state index contributed by atoms with van der Waals surface area (Å²) in [5, 5.41) is 0. The second-order valence-corrected chi connectivity index (χ2v) is 3.08. The van der Waals surface area contributed by atoms with Crippen LogP contribution in [0.4, 0.5) is 0 Å². The molecule has 0 aliphatic rings. The first-order valence-electron chi connectivity index (χ1n) is 4.89. The van der Waals surface area contributed by atoms with Crippen molar-refractivity contribution in [3.63, 3.8) is 0 Å². The summed E-state index contributed by atoms with van der Waals surface area (Å²) in [5.74, 6) is 0.153. The predicted molar refractivity (Wildman–Crippen MR) is 56.3 cm³/mol. The van der Waals surface area contributed by atoms with Crippen molar-refractivity contribution in [2.75, 3.05) is 0 Å². The average Bonchev–Trinajstić information content (AvgIpc) is 2.26. The number of esters is 1. The van der Waals surface area contributed by atoms with Crippen LogP contribution in [0, 0.1) is 0 Å². The summed E-state index contributed by atoms with van der Waals surface area (Å²) in [7, 11) is 0. The Morgan fingerprint density at radius 1 is 1.40 bits per heavy atom. The van der Waals surface area contributed by atoms with Crippen LogP contribution in [0.25, 0.3) is 0 Å². The summed E-state index contributed by atoms with van der Waals surface area (Å²) >= 11 is 0. The molecule has 0 unspecified atom stereocenters. The minimum Gasteiger partial charge on any atom is -0.423 e. The molecular formula is C11H14N2O2. The van der Waals surface area contributed by atoms with E-state index in [9.17, 15) is 4.79 Å². The van der Waals surface area contributed by atoms with Gasteiger partial charge in [-0.2, -0.15) is 0 Å². The number of rotatable bonds is 6. The first-order chi connectivity index (χ1) is 7.33. The molecule has 0 saturated heterocycles. The quantitative estimate of drug-likeness (QED) is 0.406. The Morgan fingerprint density at radius 3 is 2.80 bits per heavy atom. The molecule has 0 radical (unpaired) electrons. The highest BCUT2D eigenvalue weighted by atomic mass is 16.5. The monoisotopic (exact) mass is 206 g/mol. The number of hydrogen-bond acceptors (Lipinski definition) is 4. The maximum Gasteiger partial charge on any atom is 0.311 e. The molecule has 1 rings (SSSR count). The van der Waals surface area contributed by atoms with Crippen molar-refractivity contribution < 1.29 is 9.53 Å². The fraction of sp³-hybridized carbons (Fsp3) is 0.364.